The molecule has 2 aromatic heterocycles. The van der Waals surface area contributed by atoms with Gasteiger partial charge >= 0.3 is 5.97 Å². The maximum atomic E-state index is 12.1. The van der Waals surface area contributed by atoms with Crippen LogP contribution in [0.3, 0.4) is 0 Å². The number of nitrogens with zero attached hydrogens (tertiary/aromatic N) is 3. The molecule has 2 rings (SSSR count). The van der Waals surface area contributed by atoms with E-state index in [0.29, 0.717) is 18.8 Å². The van der Waals surface area contributed by atoms with Gasteiger partial charge in [-0.05, 0) is 47.8 Å². The highest BCUT2D eigenvalue weighted by Gasteiger charge is 2.19. The summed E-state index contributed by atoms with van der Waals surface area (Å²) in [6.07, 6.45) is 2.77. The van der Waals surface area contributed by atoms with Gasteiger partial charge in [0.15, 0.2) is 0 Å². The average Bonchev–Trinajstić information content (AvgIpc) is 2.94. The molecule has 0 aliphatic carbocycles. The Labute approximate surface area is 133 Å². The molecule has 2 heterocycles. The Morgan fingerprint density at radius 3 is 2.71 bits per heavy atom. The van der Waals surface area contributed by atoms with Crippen LogP contribution in [0.5, 0.6) is 0 Å². The fourth-order valence-corrected chi connectivity index (χ4v) is 3.09. The van der Waals surface area contributed by atoms with Crippen molar-refractivity contribution < 1.29 is 9.53 Å². The number of hydrogen-bond acceptors (Lipinski definition) is 3. The Bertz CT molecular complexity index is 658. The fourth-order valence-electron chi connectivity index (χ4n) is 2.34. The zero-order chi connectivity index (χ0) is 15.6. The van der Waals surface area contributed by atoms with Crippen molar-refractivity contribution in [2.24, 2.45) is 7.05 Å². The highest BCUT2D eigenvalue weighted by Crippen LogP contribution is 2.24. The summed E-state index contributed by atoms with van der Waals surface area (Å²) in [4.78, 5) is 12.1. The standard InChI is InChI=1S/C15H20BrN3O2/c1-5-11-13(16)12(18(4)17-11)9-19-8-7-10(3)14(19)15(20)21-6-2/h7-8H,5-6,9H2,1-4H3. The number of rotatable bonds is 5. The minimum absolute atomic E-state index is 0.283. The van der Waals surface area contributed by atoms with E-state index in [0.717, 1.165) is 27.8 Å². The highest BCUT2D eigenvalue weighted by molar-refractivity contribution is 9.10. The summed E-state index contributed by atoms with van der Waals surface area (Å²) in [6, 6.07) is 1.93. The van der Waals surface area contributed by atoms with Gasteiger partial charge in [0.05, 0.1) is 29.0 Å². The van der Waals surface area contributed by atoms with Crippen LogP contribution < -0.4 is 0 Å². The molecular formula is C15H20BrN3O2. The van der Waals surface area contributed by atoms with Crippen LogP contribution in [-0.4, -0.2) is 26.9 Å². The molecule has 0 unspecified atom stereocenters. The first-order chi connectivity index (χ1) is 9.99. The summed E-state index contributed by atoms with van der Waals surface area (Å²) in [6.45, 7) is 6.75. The lowest BCUT2D eigenvalue weighted by atomic mass is 10.2. The van der Waals surface area contributed by atoms with E-state index in [-0.39, 0.29) is 5.97 Å². The second-order valence-corrected chi connectivity index (χ2v) is 5.67. The summed E-state index contributed by atoms with van der Waals surface area (Å²) in [5, 5.41) is 4.48. The van der Waals surface area contributed by atoms with Gasteiger partial charge < -0.3 is 9.30 Å². The second kappa shape index (κ2) is 6.47. The van der Waals surface area contributed by atoms with Crippen molar-refractivity contribution in [2.45, 2.75) is 33.7 Å². The number of aromatic nitrogens is 3. The maximum Gasteiger partial charge on any atom is 0.355 e. The number of esters is 1. The molecular weight excluding hydrogens is 334 g/mol. The molecule has 0 saturated carbocycles. The van der Waals surface area contributed by atoms with E-state index >= 15 is 0 Å². The lowest BCUT2D eigenvalue weighted by Gasteiger charge is -2.10. The molecule has 0 amide bonds. The van der Waals surface area contributed by atoms with Gasteiger partial charge in [-0.25, -0.2) is 4.79 Å². The molecule has 0 bridgehead atoms. The largest absolute Gasteiger partial charge is 0.461 e. The number of carbonyl (C=O) groups is 1. The lowest BCUT2D eigenvalue weighted by molar-refractivity contribution is 0.0513. The Balaban J connectivity index is 2.37. The number of ether oxygens (including phenoxy) is 1. The fraction of sp³-hybridized carbons (Fsp3) is 0.467. The summed E-state index contributed by atoms with van der Waals surface area (Å²) >= 11 is 3.61. The topological polar surface area (TPSA) is 49.1 Å². The van der Waals surface area contributed by atoms with Gasteiger partial charge in [0, 0.05) is 13.2 Å². The Kier molecular flexibility index (Phi) is 4.88. The molecule has 6 heteroatoms. The van der Waals surface area contributed by atoms with Crippen molar-refractivity contribution >= 4 is 21.9 Å². The van der Waals surface area contributed by atoms with Gasteiger partial charge in [0.1, 0.15) is 5.69 Å². The van der Waals surface area contributed by atoms with Gasteiger partial charge in [0.25, 0.3) is 0 Å². The zero-order valence-electron chi connectivity index (χ0n) is 12.8. The van der Waals surface area contributed by atoms with Gasteiger partial charge in [-0.15, -0.1) is 0 Å². The quantitative estimate of drug-likeness (QED) is 0.776. The van der Waals surface area contributed by atoms with E-state index in [1.807, 2.05) is 42.4 Å². The molecule has 5 nitrogen and oxygen atoms in total. The van der Waals surface area contributed by atoms with Gasteiger partial charge in [-0.3, -0.25) is 4.68 Å². The Morgan fingerprint density at radius 2 is 2.14 bits per heavy atom. The third kappa shape index (κ3) is 3.05. The van der Waals surface area contributed by atoms with E-state index in [2.05, 4.69) is 28.0 Å². The molecule has 0 fully saturated rings. The van der Waals surface area contributed by atoms with Crippen LogP contribution in [0.2, 0.25) is 0 Å². The highest BCUT2D eigenvalue weighted by atomic mass is 79.9. The predicted octanol–water partition coefficient (Wildman–Crippen LogP) is 3.08. The van der Waals surface area contributed by atoms with Crippen molar-refractivity contribution in [1.29, 1.82) is 0 Å². The molecule has 21 heavy (non-hydrogen) atoms. The summed E-state index contributed by atoms with van der Waals surface area (Å²) in [5.74, 6) is -0.283. The van der Waals surface area contributed by atoms with Gasteiger partial charge in [0.2, 0.25) is 0 Å². The number of carbonyl (C=O) groups excluding carboxylic acids is 1. The van der Waals surface area contributed by atoms with Crippen LogP contribution in [0.25, 0.3) is 0 Å². The first-order valence-corrected chi connectivity index (χ1v) is 7.81. The van der Waals surface area contributed by atoms with Gasteiger partial charge in [-0.1, -0.05) is 6.92 Å². The van der Waals surface area contributed by atoms with E-state index in [1.54, 1.807) is 0 Å². The van der Waals surface area contributed by atoms with E-state index in [9.17, 15) is 4.79 Å². The third-order valence-electron chi connectivity index (χ3n) is 3.46. The summed E-state index contributed by atoms with van der Waals surface area (Å²) in [5.41, 5.74) is 3.58. The summed E-state index contributed by atoms with van der Waals surface area (Å²) in [7, 11) is 1.92. The monoisotopic (exact) mass is 353 g/mol. The van der Waals surface area contributed by atoms with Crippen molar-refractivity contribution in [1.82, 2.24) is 14.3 Å². The third-order valence-corrected chi connectivity index (χ3v) is 4.37. The van der Waals surface area contributed by atoms with Crippen LogP contribution in [0.1, 0.15) is 41.3 Å². The van der Waals surface area contributed by atoms with Crippen molar-refractivity contribution in [3.63, 3.8) is 0 Å². The molecule has 0 aliphatic heterocycles. The van der Waals surface area contributed by atoms with Crippen LogP contribution in [0, 0.1) is 6.92 Å². The normalized spacial score (nSPS) is 10.9. The molecule has 0 radical (unpaired) electrons. The van der Waals surface area contributed by atoms with Crippen LogP contribution in [-0.2, 0) is 24.8 Å². The molecule has 2 aromatic rings. The van der Waals surface area contributed by atoms with Crippen molar-refractivity contribution in [3.05, 3.63) is 39.4 Å². The smallest absolute Gasteiger partial charge is 0.355 e. The predicted molar refractivity (Wildman–Crippen MR) is 84.5 cm³/mol. The molecule has 0 spiro atoms. The second-order valence-electron chi connectivity index (χ2n) is 4.88. The van der Waals surface area contributed by atoms with Crippen LogP contribution in [0.4, 0.5) is 0 Å². The summed E-state index contributed by atoms with van der Waals surface area (Å²) < 4.78 is 9.91. The van der Waals surface area contributed by atoms with Gasteiger partial charge in [-0.2, -0.15) is 5.10 Å². The lowest BCUT2D eigenvalue weighted by Crippen LogP contribution is -2.15. The molecule has 0 N–H and O–H groups in total. The first kappa shape index (κ1) is 15.8. The van der Waals surface area contributed by atoms with Crippen LogP contribution in [0.15, 0.2) is 16.7 Å². The molecule has 0 saturated heterocycles. The minimum atomic E-state index is -0.283. The number of aryl methyl sites for hydroxylation is 3. The molecule has 0 aliphatic rings. The zero-order valence-corrected chi connectivity index (χ0v) is 14.4. The molecule has 114 valence electrons. The number of hydrogen-bond donors (Lipinski definition) is 0. The molecule has 0 aromatic carbocycles. The number of halogens is 1. The van der Waals surface area contributed by atoms with Crippen molar-refractivity contribution in [3.8, 4) is 0 Å². The van der Waals surface area contributed by atoms with Crippen molar-refractivity contribution in [2.75, 3.05) is 6.61 Å². The molecule has 0 atom stereocenters. The van der Waals surface area contributed by atoms with E-state index in [1.165, 1.54) is 0 Å². The van der Waals surface area contributed by atoms with E-state index in [4.69, 9.17) is 4.74 Å². The average molecular weight is 354 g/mol. The van der Waals surface area contributed by atoms with E-state index < -0.39 is 0 Å². The minimum Gasteiger partial charge on any atom is -0.461 e. The Hall–Kier alpha value is -1.56. The van der Waals surface area contributed by atoms with Crippen LogP contribution >= 0.6 is 15.9 Å². The SMILES string of the molecule is CCOC(=O)c1c(C)ccn1Cc1c(Br)c(CC)nn1C. The first-order valence-electron chi connectivity index (χ1n) is 7.02. The Morgan fingerprint density at radius 1 is 1.43 bits per heavy atom. The maximum absolute atomic E-state index is 12.1.